The largest absolute Gasteiger partial charge is 0.573 e. The highest BCUT2D eigenvalue weighted by atomic mass is 19.4. The van der Waals surface area contributed by atoms with Gasteiger partial charge in [-0.2, -0.15) is 0 Å². The summed E-state index contributed by atoms with van der Waals surface area (Å²) in [5.41, 5.74) is 2.24. The lowest BCUT2D eigenvalue weighted by molar-refractivity contribution is -0.274. The van der Waals surface area contributed by atoms with Gasteiger partial charge in [-0.05, 0) is 60.7 Å². The molecule has 0 N–H and O–H groups in total. The summed E-state index contributed by atoms with van der Waals surface area (Å²) < 4.78 is 68.1. The molecule has 0 amide bonds. The van der Waals surface area contributed by atoms with E-state index in [9.17, 15) is 22.0 Å². The second-order valence-electron chi connectivity index (χ2n) is 6.13. The third-order valence-corrected chi connectivity index (χ3v) is 4.10. The van der Waals surface area contributed by atoms with Crippen molar-refractivity contribution in [1.82, 2.24) is 9.97 Å². The van der Waals surface area contributed by atoms with Crippen LogP contribution in [0.25, 0.3) is 33.5 Å². The van der Waals surface area contributed by atoms with Gasteiger partial charge in [0.1, 0.15) is 17.4 Å². The first-order valence-corrected chi connectivity index (χ1v) is 8.38. The van der Waals surface area contributed by atoms with Gasteiger partial charge in [0.2, 0.25) is 0 Å². The van der Waals surface area contributed by atoms with E-state index in [0.29, 0.717) is 28.0 Å². The van der Waals surface area contributed by atoms with Crippen LogP contribution < -0.4 is 4.74 Å². The van der Waals surface area contributed by atoms with E-state index in [1.807, 2.05) is 0 Å². The highest BCUT2D eigenvalue weighted by Crippen LogP contribution is 2.33. The van der Waals surface area contributed by atoms with Gasteiger partial charge in [0.25, 0.3) is 0 Å². The maximum atomic E-state index is 13.3. The van der Waals surface area contributed by atoms with Gasteiger partial charge in [0, 0.05) is 17.2 Å². The Balaban J connectivity index is 1.92. The monoisotopic (exact) mass is 402 g/mol. The Morgan fingerprint density at radius 3 is 1.59 bits per heavy atom. The lowest BCUT2D eigenvalue weighted by Crippen LogP contribution is -2.17. The molecule has 0 saturated heterocycles. The second-order valence-corrected chi connectivity index (χ2v) is 6.13. The van der Waals surface area contributed by atoms with Crippen molar-refractivity contribution >= 4 is 11.0 Å². The van der Waals surface area contributed by atoms with Gasteiger partial charge < -0.3 is 4.74 Å². The first-order valence-electron chi connectivity index (χ1n) is 8.38. The molecular weight excluding hydrogens is 391 g/mol. The van der Waals surface area contributed by atoms with E-state index in [-0.39, 0.29) is 5.52 Å². The highest BCUT2D eigenvalue weighted by molar-refractivity contribution is 5.86. The molecule has 0 atom stereocenters. The van der Waals surface area contributed by atoms with Crippen molar-refractivity contribution in [1.29, 1.82) is 0 Å². The third kappa shape index (κ3) is 4.16. The maximum absolute atomic E-state index is 13.3. The van der Waals surface area contributed by atoms with Gasteiger partial charge in [0.05, 0.1) is 22.4 Å². The number of ether oxygens (including phenoxy) is 1. The van der Waals surface area contributed by atoms with Gasteiger partial charge in [0.15, 0.2) is 0 Å². The van der Waals surface area contributed by atoms with E-state index in [0.717, 1.165) is 12.1 Å². The van der Waals surface area contributed by atoms with Crippen LogP contribution in [0.2, 0.25) is 0 Å². The Labute approximate surface area is 161 Å². The van der Waals surface area contributed by atoms with Crippen LogP contribution in [-0.4, -0.2) is 16.3 Å². The fourth-order valence-corrected chi connectivity index (χ4v) is 2.85. The number of alkyl halides is 3. The average molecular weight is 402 g/mol. The number of rotatable bonds is 3. The fraction of sp³-hybridized carbons (Fsp3) is 0.0476. The van der Waals surface area contributed by atoms with Crippen LogP contribution in [-0.2, 0) is 0 Å². The van der Waals surface area contributed by atoms with Crippen LogP contribution in [0, 0.1) is 11.6 Å². The summed E-state index contributed by atoms with van der Waals surface area (Å²) in [5, 5.41) is 0. The minimum Gasteiger partial charge on any atom is -0.406 e. The molecule has 8 heteroatoms. The van der Waals surface area contributed by atoms with Crippen LogP contribution in [0.3, 0.4) is 0 Å². The maximum Gasteiger partial charge on any atom is 0.573 e. The molecule has 0 bridgehead atoms. The van der Waals surface area contributed by atoms with E-state index >= 15 is 0 Å². The predicted octanol–water partition coefficient (Wildman–Crippen LogP) is 6.14. The van der Waals surface area contributed by atoms with E-state index in [4.69, 9.17) is 0 Å². The van der Waals surface area contributed by atoms with Crippen LogP contribution >= 0.6 is 0 Å². The number of fused-ring (bicyclic) bond motifs is 1. The smallest absolute Gasteiger partial charge is 0.406 e. The summed E-state index contributed by atoms with van der Waals surface area (Å²) in [5.74, 6) is -1.31. The van der Waals surface area contributed by atoms with Gasteiger partial charge >= 0.3 is 6.36 Å². The number of aromatic nitrogens is 2. The third-order valence-electron chi connectivity index (χ3n) is 4.10. The molecule has 0 aliphatic rings. The molecular formula is C21H11F5N2O. The summed E-state index contributed by atoms with van der Waals surface area (Å²) in [7, 11) is 0. The quantitative estimate of drug-likeness (QED) is 0.386. The van der Waals surface area contributed by atoms with E-state index in [1.165, 1.54) is 54.6 Å². The number of nitrogens with zero attached hydrogens (tertiary/aromatic N) is 2. The molecule has 3 aromatic carbocycles. The number of halogens is 5. The second kappa shape index (κ2) is 7.12. The zero-order valence-corrected chi connectivity index (χ0v) is 14.5. The van der Waals surface area contributed by atoms with Crippen LogP contribution in [0.4, 0.5) is 22.0 Å². The average Bonchev–Trinajstić information content (AvgIpc) is 2.67. The van der Waals surface area contributed by atoms with Gasteiger partial charge in [-0.15, -0.1) is 13.2 Å². The molecule has 29 heavy (non-hydrogen) atoms. The summed E-state index contributed by atoms with van der Waals surface area (Å²) in [6.07, 6.45) is -4.84. The van der Waals surface area contributed by atoms with E-state index in [1.54, 1.807) is 0 Å². The minimum atomic E-state index is -4.84. The van der Waals surface area contributed by atoms with Crippen molar-refractivity contribution in [3.63, 3.8) is 0 Å². The molecule has 1 aromatic heterocycles. The predicted molar refractivity (Wildman–Crippen MR) is 97.0 cm³/mol. The molecule has 4 aromatic rings. The molecule has 0 aliphatic carbocycles. The summed E-state index contributed by atoms with van der Waals surface area (Å²) >= 11 is 0. The molecule has 146 valence electrons. The van der Waals surface area contributed by atoms with Crippen molar-refractivity contribution in [3.8, 4) is 28.3 Å². The van der Waals surface area contributed by atoms with Crippen molar-refractivity contribution in [2.75, 3.05) is 0 Å². The van der Waals surface area contributed by atoms with Crippen LogP contribution in [0.15, 0.2) is 66.7 Å². The van der Waals surface area contributed by atoms with Crippen LogP contribution in [0.5, 0.6) is 5.75 Å². The molecule has 4 rings (SSSR count). The van der Waals surface area contributed by atoms with Crippen molar-refractivity contribution in [2.24, 2.45) is 0 Å². The van der Waals surface area contributed by atoms with Crippen molar-refractivity contribution in [2.45, 2.75) is 6.36 Å². The van der Waals surface area contributed by atoms with Gasteiger partial charge in [-0.1, -0.05) is 0 Å². The molecule has 0 unspecified atom stereocenters. The van der Waals surface area contributed by atoms with E-state index in [2.05, 4.69) is 14.7 Å². The van der Waals surface area contributed by atoms with Crippen molar-refractivity contribution in [3.05, 3.63) is 78.4 Å². The summed E-state index contributed by atoms with van der Waals surface area (Å²) in [6.45, 7) is 0. The molecule has 0 aliphatic heterocycles. The molecule has 0 fully saturated rings. The fourth-order valence-electron chi connectivity index (χ4n) is 2.85. The lowest BCUT2D eigenvalue weighted by Gasteiger charge is -2.12. The van der Waals surface area contributed by atoms with Gasteiger partial charge in [-0.25, -0.2) is 18.7 Å². The molecule has 0 radical (unpaired) electrons. The highest BCUT2D eigenvalue weighted by Gasteiger charge is 2.31. The Morgan fingerprint density at radius 2 is 1.10 bits per heavy atom. The normalized spacial score (nSPS) is 11.6. The molecule has 0 saturated carbocycles. The molecule has 3 nitrogen and oxygen atoms in total. The topological polar surface area (TPSA) is 35.0 Å². The first kappa shape index (κ1) is 18.8. The number of benzene rings is 3. The number of hydrogen-bond donors (Lipinski definition) is 0. The Morgan fingerprint density at radius 1 is 0.621 bits per heavy atom. The van der Waals surface area contributed by atoms with Crippen molar-refractivity contribution < 1.29 is 26.7 Å². The molecule has 0 spiro atoms. The van der Waals surface area contributed by atoms with E-state index < -0.39 is 23.7 Å². The summed E-state index contributed by atoms with van der Waals surface area (Å²) in [4.78, 5) is 8.93. The Hall–Kier alpha value is -3.55. The Kier molecular flexibility index (Phi) is 4.62. The van der Waals surface area contributed by atoms with Gasteiger partial charge in [-0.3, -0.25) is 0 Å². The summed E-state index contributed by atoms with van der Waals surface area (Å²) in [6, 6.07) is 14.6. The molecule has 1 heterocycles. The van der Waals surface area contributed by atoms with Crippen LogP contribution in [0.1, 0.15) is 0 Å². The zero-order chi connectivity index (χ0) is 20.6. The SMILES string of the molecule is Fc1ccc(-c2nc3ccc(OC(F)(F)F)cc3nc2-c2ccc(F)cc2)cc1. The standard InChI is InChI=1S/C21H11F5N2O/c22-14-5-1-12(2-6-14)19-20(13-3-7-15(23)8-4-13)28-18-11-16(29-21(24,25)26)9-10-17(18)27-19/h1-11H. The lowest BCUT2D eigenvalue weighted by atomic mass is 10.0. The first-order chi connectivity index (χ1) is 13.8. The Bertz CT molecular complexity index is 1170. The zero-order valence-electron chi connectivity index (χ0n) is 14.5. The number of hydrogen-bond acceptors (Lipinski definition) is 3. The minimum absolute atomic E-state index is 0.164.